The van der Waals surface area contributed by atoms with Crippen molar-refractivity contribution in [2.45, 2.75) is 25.1 Å². The molecule has 0 bridgehead atoms. The van der Waals surface area contributed by atoms with E-state index in [4.69, 9.17) is 5.11 Å². The highest BCUT2D eigenvalue weighted by Crippen LogP contribution is 2.54. The van der Waals surface area contributed by atoms with Gasteiger partial charge in [0, 0.05) is 17.2 Å². The highest BCUT2D eigenvalue weighted by Gasteiger charge is 2.55. The lowest BCUT2D eigenvalue weighted by Crippen LogP contribution is -2.16. The average Bonchev–Trinajstić information content (AvgIpc) is 2.93. The molecule has 1 heterocycles. The van der Waals surface area contributed by atoms with Gasteiger partial charge >= 0.3 is 12.3 Å². The predicted molar refractivity (Wildman–Crippen MR) is 72.1 cm³/mol. The number of benzene rings is 1. The van der Waals surface area contributed by atoms with E-state index in [-0.39, 0.29) is 4.68 Å². The molecule has 1 aliphatic rings. The molecule has 0 saturated heterocycles. The third kappa shape index (κ3) is 2.36. The van der Waals surface area contributed by atoms with E-state index in [0.29, 0.717) is 17.5 Å². The summed E-state index contributed by atoms with van der Waals surface area (Å²) in [7, 11) is 0. The number of alkyl halides is 3. The van der Waals surface area contributed by atoms with Crippen LogP contribution < -0.4 is 0 Å². The Kier molecular flexibility index (Phi) is 3.05. The van der Waals surface area contributed by atoms with Crippen LogP contribution in [0.15, 0.2) is 36.7 Å². The first-order chi connectivity index (χ1) is 10.2. The Morgan fingerprint density at radius 3 is 2.68 bits per heavy atom. The Balaban J connectivity index is 1.93. The van der Waals surface area contributed by atoms with Crippen LogP contribution in [0.3, 0.4) is 0 Å². The number of halogens is 3. The largest absolute Gasteiger partial charge is 0.504 e. The van der Waals surface area contributed by atoms with Gasteiger partial charge in [0.05, 0.1) is 12.1 Å². The van der Waals surface area contributed by atoms with Crippen molar-refractivity contribution in [2.75, 3.05) is 0 Å². The summed E-state index contributed by atoms with van der Waals surface area (Å²) in [4.78, 5) is 11.1. The molecule has 1 N–H and O–H groups in total. The van der Waals surface area contributed by atoms with Gasteiger partial charge < -0.3 is 5.11 Å². The van der Waals surface area contributed by atoms with Crippen molar-refractivity contribution in [3.63, 3.8) is 0 Å². The van der Waals surface area contributed by atoms with Gasteiger partial charge in [0.1, 0.15) is 0 Å². The summed E-state index contributed by atoms with van der Waals surface area (Å²) in [5, 5.41) is 12.4. The second kappa shape index (κ2) is 4.59. The summed E-state index contributed by atoms with van der Waals surface area (Å²) in [6.45, 7) is 1.85. The summed E-state index contributed by atoms with van der Waals surface area (Å²) >= 11 is 0. The molecule has 2 unspecified atom stereocenters. The molecule has 0 radical (unpaired) electrons. The number of rotatable bonds is 3. The minimum Gasteiger partial charge on any atom is -0.481 e. The van der Waals surface area contributed by atoms with E-state index >= 15 is 0 Å². The molecule has 1 fully saturated rings. The number of carboxylic acid groups (broad SMARTS) is 1. The molecule has 2 atom stereocenters. The summed E-state index contributed by atoms with van der Waals surface area (Å²) in [5.74, 6) is -1.29. The molecule has 7 heteroatoms. The summed E-state index contributed by atoms with van der Waals surface area (Å²) in [6.07, 6.45) is -1.94. The second-order valence-electron chi connectivity index (χ2n) is 5.73. The molecule has 1 aromatic carbocycles. The summed E-state index contributed by atoms with van der Waals surface area (Å²) in [6, 6.07) is 6.95. The molecule has 22 heavy (non-hydrogen) atoms. The third-order valence-electron chi connectivity index (χ3n) is 4.23. The van der Waals surface area contributed by atoms with Gasteiger partial charge in [-0.3, -0.25) is 4.79 Å². The van der Waals surface area contributed by atoms with E-state index in [1.807, 2.05) is 6.92 Å². The molecule has 1 aliphatic carbocycles. The molecule has 1 aromatic heterocycles. The standard InChI is InChI=1S/C15H13F3N2O2/c1-14(6-12(14)13(21)22)11-4-2-3-9(5-11)10-7-19-20(8-10)15(16,17)18/h2-5,7-8,12H,6H2,1H3,(H,21,22). The fourth-order valence-electron chi connectivity index (χ4n) is 2.71. The van der Waals surface area contributed by atoms with Gasteiger partial charge in [0.25, 0.3) is 0 Å². The first-order valence-corrected chi connectivity index (χ1v) is 6.67. The molecule has 2 aromatic rings. The van der Waals surface area contributed by atoms with E-state index in [1.165, 1.54) is 0 Å². The number of carbonyl (C=O) groups is 1. The molecule has 116 valence electrons. The number of aliphatic carboxylic acids is 1. The fraction of sp³-hybridized carbons (Fsp3) is 0.333. The van der Waals surface area contributed by atoms with Gasteiger partial charge in [0.2, 0.25) is 0 Å². The van der Waals surface area contributed by atoms with Gasteiger partial charge in [-0.15, -0.1) is 13.2 Å². The van der Waals surface area contributed by atoms with Crippen molar-refractivity contribution in [2.24, 2.45) is 5.92 Å². The Morgan fingerprint density at radius 2 is 2.14 bits per heavy atom. The van der Waals surface area contributed by atoms with Gasteiger partial charge in [-0.05, 0) is 17.5 Å². The van der Waals surface area contributed by atoms with Crippen LogP contribution in [-0.2, 0) is 16.5 Å². The molecule has 0 aliphatic heterocycles. The average molecular weight is 310 g/mol. The molecular formula is C15H13F3N2O2. The molecular weight excluding hydrogens is 297 g/mol. The molecule has 0 amide bonds. The molecule has 0 spiro atoms. The van der Waals surface area contributed by atoms with Crippen molar-refractivity contribution in [3.05, 3.63) is 42.2 Å². The topological polar surface area (TPSA) is 55.1 Å². The van der Waals surface area contributed by atoms with E-state index in [2.05, 4.69) is 5.10 Å². The lowest BCUT2D eigenvalue weighted by Gasteiger charge is -2.11. The highest BCUT2D eigenvalue weighted by atomic mass is 19.4. The normalized spacial score (nSPS) is 24.3. The van der Waals surface area contributed by atoms with E-state index in [0.717, 1.165) is 18.0 Å². The van der Waals surface area contributed by atoms with Crippen molar-refractivity contribution in [3.8, 4) is 11.1 Å². The van der Waals surface area contributed by atoms with Crippen molar-refractivity contribution in [1.82, 2.24) is 9.78 Å². The quantitative estimate of drug-likeness (QED) is 0.945. The van der Waals surface area contributed by atoms with Crippen LogP contribution in [0.2, 0.25) is 0 Å². The molecule has 4 nitrogen and oxygen atoms in total. The van der Waals surface area contributed by atoms with E-state index in [9.17, 15) is 18.0 Å². The SMILES string of the molecule is CC1(c2cccc(-c3cnn(C(F)(F)F)c3)c2)CC1C(=O)O. The number of hydrogen-bond acceptors (Lipinski definition) is 2. The van der Waals surface area contributed by atoms with Crippen LogP contribution in [0, 0.1) is 5.92 Å². The third-order valence-corrected chi connectivity index (χ3v) is 4.23. The van der Waals surface area contributed by atoms with Crippen LogP contribution in [-0.4, -0.2) is 20.9 Å². The zero-order chi connectivity index (χ0) is 16.1. The van der Waals surface area contributed by atoms with Crippen LogP contribution in [0.25, 0.3) is 11.1 Å². The highest BCUT2D eigenvalue weighted by molar-refractivity contribution is 5.77. The van der Waals surface area contributed by atoms with Crippen molar-refractivity contribution in [1.29, 1.82) is 0 Å². The first kappa shape index (κ1) is 14.6. The minimum absolute atomic E-state index is 0.0477. The monoisotopic (exact) mass is 310 g/mol. The van der Waals surface area contributed by atoms with E-state index < -0.39 is 23.6 Å². The van der Waals surface area contributed by atoms with Crippen LogP contribution in [0.4, 0.5) is 13.2 Å². The van der Waals surface area contributed by atoms with Gasteiger partial charge in [-0.25, -0.2) is 0 Å². The zero-order valence-corrected chi connectivity index (χ0v) is 11.6. The number of carboxylic acids is 1. The molecule has 3 rings (SSSR count). The van der Waals surface area contributed by atoms with Crippen molar-refractivity contribution < 1.29 is 23.1 Å². The fourth-order valence-corrected chi connectivity index (χ4v) is 2.71. The maximum atomic E-state index is 12.6. The van der Waals surface area contributed by atoms with Gasteiger partial charge in [0.15, 0.2) is 0 Å². The summed E-state index contributed by atoms with van der Waals surface area (Å²) < 4.78 is 37.7. The Labute approximate surface area is 124 Å². The van der Waals surface area contributed by atoms with Crippen LogP contribution in [0.5, 0.6) is 0 Å². The first-order valence-electron chi connectivity index (χ1n) is 6.67. The predicted octanol–water partition coefficient (Wildman–Crippen LogP) is 3.39. The number of aromatic nitrogens is 2. The second-order valence-corrected chi connectivity index (χ2v) is 5.73. The van der Waals surface area contributed by atoms with Crippen LogP contribution >= 0.6 is 0 Å². The van der Waals surface area contributed by atoms with Crippen LogP contribution in [0.1, 0.15) is 18.9 Å². The Morgan fingerprint density at radius 1 is 1.41 bits per heavy atom. The lowest BCUT2D eigenvalue weighted by molar-refractivity contribution is -0.212. The lowest BCUT2D eigenvalue weighted by atomic mass is 9.93. The number of hydrogen-bond donors (Lipinski definition) is 1. The maximum Gasteiger partial charge on any atom is 0.504 e. The number of nitrogens with zero attached hydrogens (tertiary/aromatic N) is 2. The van der Waals surface area contributed by atoms with E-state index in [1.54, 1.807) is 24.3 Å². The van der Waals surface area contributed by atoms with Gasteiger partial charge in [-0.1, -0.05) is 31.2 Å². The molecule has 1 saturated carbocycles. The smallest absolute Gasteiger partial charge is 0.481 e. The van der Waals surface area contributed by atoms with Crippen molar-refractivity contribution >= 4 is 5.97 Å². The van der Waals surface area contributed by atoms with Gasteiger partial charge in [-0.2, -0.15) is 9.78 Å². The zero-order valence-electron chi connectivity index (χ0n) is 11.6. The Hall–Kier alpha value is -2.31. The maximum absolute atomic E-state index is 12.6. The summed E-state index contributed by atoms with van der Waals surface area (Å²) in [5.41, 5.74) is 1.29. The minimum atomic E-state index is -4.55. The Bertz CT molecular complexity index is 738.